The molecule has 0 radical (unpaired) electrons. The van der Waals surface area contributed by atoms with E-state index in [-0.39, 0.29) is 5.91 Å². The van der Waals surface area contributed by atoms with Crippen molar-refractivity contribution >= 4 is 40.3 Å². The first-order chi connectivity index (χ1) is 16.5. The van der Waals surface area contributed by atoms with Gasteiger partial charge in [-0.05, 0) is 67.4 Å². The van der Waals surface area contributed by atoms with E-state index in [0.29, 0.717) is 16.5 Å². The number of nitrogens with one attached hydrogen (secondary N) is 2. The van der Waals surface area contributed by atoms with Crippen LogP contribution in [0.1, 0.15) is 16.9 Å². The number of fused-ring (bicyclic) bond motifs is 1. The van der Waals surface area contributed by atoms with Gasteiger partial charge in [0.2, 0.25) is 5.91 Å². The van der Waals surface area contributed by atoms with Crippen LogP contribution in [0.3, 0.4) is 0 Å². The van der Waals surface area contributed by atoms with E-state index in [1.165, 1.54) is 6.08 Å². The number of imidazole rings is 1. The van der Waals surface area contributed by atoms with Crippen molar-refractivity contribution in [3.8, 4) is 22.7 Å². The normalized spacial score (nSPS) is 11.4. The number of rotatable bonds is 5. The summed E-state index contributed by atoms with van der Waals surface area (Å²) in [5.74, 6) is 1.78. The van der Waals surface area contributed by atoms with Crippen molar-refractivity contribution in [3.63, 3.8) is 0 Å². The number of benzene rings is 3. The van der Waals surface area contributed by atoms with Crippen LogP contribution in [0.5, 0.6) is 0 Å². The van der Waals surface area contributed by atoms with Gasteiger partial charge < -0.3 is 14.7 Å². The lowest BCUT2D eigenvalue weighted by molar-refractivity contribution is -0.111. The Hall–Kier alpha value is -4.09. The molecule has 3 aromatic carbocycles. The molecule has 0 saturated carbocycles. The van der Waals surface area contributed by atoms with Crippen LogP contribution in [-0.4, -0.2) is 15.9 Å². The lowest BCUT2D eigenvalue weighted by Gasteiger charge is -2.08. The molecule has 0 atom stereocenters. The van der Waals surface area contributed by atoms with Crippen LogP contribution >= 0.6 is 11.6 Å². The Labute approximate surface area is 202 Å². The molecule has 0 saturated heterocycles. The Morgan fingerprint density at radius 1 is 0.971 bits per heavy atom. The SMILES string of the molecule is Cc1ccc(-c2ccc(C=CC(=O)Nc3cc(-c4nc5ccccc5[nH]4)ccc3C)o2)cc1Cl. The van der Waals surface area contributed by atoms with E-state index in [9.17, 15) is 4.79 Å². The molecule has 0 bridgehead atoms. The van der Waals surface area contributed by atoms with Crippen LogP contribution in [0.15, 0.2) is 83.3 Å². The van der Waals surface area contributed by atoms with Crippen molar-refractivity contribution in [2.75, 3.05) is 5.32 Å². The van der Waals surface area contributed by atoms with Gasteiger partial charge in [-0.3, -0.25) is 4.79 Å². The smallest absolute Gasteiger partial charge is 0.248 e. The van der Waals surface area contributed by atoms with Gasteiger partial charge in [0.25, 0.3) is 0 Å². The molecular weight excluding hydrogens is 446 g/mol. The van der Waals surface area contributed by atoms with Gasteiger partial charge in [-0.2, -0.15) is 0 Å². The predicted molar refractivity (Wildman–Crippen MR) is 138 cm³/mol. The molecule has 0 aliphatic rings. The van der Waals surface area contributed by atoms with Gasteiger partial charge in [-0.1, -0.05) is 48.0 Å². The van der Waals surface area contributed by atoms with Crippen LogP contribution in [-0.2, 0) is 4.79 Å². The number of para-hydroxylation sites is 2. The lowest BCUT2D eigenvalue weighted by atomic mass is 10.1. The van der Waals surface area contributed by atoms with E-state index in [4.69, 9.17) is 16.0 Å². The summed E-state index contributed by atoms with van der Waals surface area (Å²) < 4.78 is 5.86. The molecule has 168 valence electrons. The monoisotopic (exact) mass is 467 g/mol. The van der Waals surface area contributed by atoms with Crippen molar-refractivity contribution < 1.29 is 9.21 Å². The van der Waals surface area contributed by atoms with Gasteiger partial charge in [0.15, 0.2) is 0 Å². The molecule has 5 rings (SSSR count). The molecule has 0 spiro atoms. The van der Waals surface area contributed by atoms with Crippen molar-refractivity contribution in [1.82, 2.24) is 9.97 Å². The zero-order valence-corrected chi connectivity index (χ0v) is 19.5. The quantitative estimate of drug-likeness (QED) is 0.264. The molecule has 1 amide bonds. The number of amides is 1. The molecule has 34 heavy (non-hydrogen) atoms. The molecule has 2 aromatic heterocycles. The summed E-state index contributed by atoms with van der Waals surface area (Å²) >= 11 is 6.22. The predicted octanol–water partition coefficient (Wildman–Crippen LogP) is 7.41. The largest absolute Gasteiger partial charge is 0.457 e. The number of H-pyrrole nitrogens is 1. The molecule has 5 nitrogen and oxygen atoms in total. The fraction of sp³-hybridized carbons (Fsp3) is 0.0714. The highest BCUT2D eigenvalue weighted by Crippen LogP contribution is 2.28. The summed E-state index contributed by atoms with van der Waals surface area (Å²) in [6.07, 6.45) is 3.10. The van der Waals surface area contributed by atoms with Crippen LogP contribution in [0.2, 0.25) is 5.02 Å². The number of aromatic nitrogens is 2. The molecule has 0 aliphatic heterocycles. The summed E-state index contributed by atoms with van der Waals surface area (Å²) in [5.41, 5.74) is 6.34. The fourth-order valence-electron chi connectivity index (χ4n) is 3.67. The number of aromatic amines is 1. The summed E-state index contributed by atoms with van der Waals surface area (Å²) in [7, 11) is 0. The second-order valence-corrected chi connectivity index (χ2v) is 8.53. The summed E-state index contributed by atoms with van der Waals surface area (Å²) in [5, 5.41) is 3.64. The minimum atomic E-state index is -0.249. The first kappa shape index (κ1) is 21.7. The van der Waals surface area contributed by atoms with E-state index in [1.54, 1.807) is 6.08 Å². The van der Waals surface area contributed by atoms with Crippen molar-refractivity contribution in [2.24, 2.45) is 0 Å². The summed E-state index contributed by atoms with van der Waals surface area (Å²) in [4.78, 5) is 20.6. The second-order valence-electron chi connectivity index (χ2n) is 8.12. The van der Waals surface area contributed by atoms with Crippen LogP contribution < -0.4 is 5.32 Å². The van der Waals surface area contributed by atoms with Gasteiger partial charge in [0.1, 0.15) is 17.3 Å². The molecule has 0 aliphatic carbocycles. The molecule has 2 heterocycles. The van der Waals surface area contributed by atoms with Gasteiger partial charge in [-0.15, -0.1) is 0 Å². The number of anilines is 1. The Morgan fingerprint density at radius 3 is 2.59 bits per heavy atom. The first-order valence-corrected chi connectivity index (χ1v) is 11.3. The number of halogens is 1. The molecule has 5 aromatic rings. The second kappa shape index (κ2) is 9.04. The van der Waals surface area contributed by atoms with Gasteiger partial charge in [-0.25, -0.2) is 4.98 Å². The van der Waals surface area contributed by atoms with E-state index >= 15 is 0 Å². The highest BCUT2D eigenvalue weighted by atomic mass is 35.5. The Morgan fingerprint density at radius 2 is 1.76 bits per heavy atom. The van der Waals surface area contributed by atoms with E-state index in [1.807, 2.05) is 86.6 Å². The third-order valence-corrected chi connectivity index (χ3v) is 6.05. The maximum Gasteiger partial charge on any atom is 0.248 e. The highest BCUT2D eigenvalue weighted by Gasteiger charge is 2.10. The summed E-state index contributed by atoms with van der Waals surface area (Å²) in [6, 6.07) is 23.2. The maximum absolute atomic E-state index is 12.6. The minimum Gasteiger partial charge on any atom is -0.457 e. The zero-order chi connectivity index (χ0) is 23.7. The van der Waals surface area contributed by atoms with Gasteiger partial charge in [0, 0.05) is 27.9 Å². The number of furan rings is 1. The van der Waals surface area contributed by atoms with E-state index in [2.05, 4.69) is 15.3 Å². The van der Waals surface area contributed by atoms with Crippen molar-refractivity contribution in [1.29, 1.82) is 0 Å². The lowest BCUT2D eigenvalue weighted by Crippen LogP contribution is -2.09. The van der Waals surface area contributed by atoms with E-state index in [0.717, 1.165) is 44.8 Å². The van der Waals surface area contributed by atoms with Crippen molar-refractivity contribution in [3.05, 3.63) is 101 Å². The first-order valence-electron chi connectivity index (χ1n) is 10.9. The number of hydrogen-bond acceptors (Lipinski definition) is 3. The number of carbonyl (C=O) groups is 1. The Bertz CT molecular complexity index is 1510. The average molecular weight is 468 g/mol. The zero-order valence-electron chi connectivity index (χ0n) is 18.7. The van der Waals surface area contributed by atoms with E-state index < -0.39 is 0 Å². The molecule has 0 unspecified atom stereocenters. The van der Waals surface area contributed by atoms with Gasteiger partial charge in [0.05, 0.1) is 11.0 Å². The molecule has 0 fully saturated rings. The van der Waals surface area contributed by atoms with Crippen LogP contribution in [0.25, 0.3) is 39.8 Å². The molecular formula is C28H22ClN3O2. The summed E-state index contributed by atoms with van der Waals surface area (Å²) in [6.45, 7) is 3.91. The third kappa shape index (κ3) is 4.51. The standard InChI is InChI=1S/C28H22ClN3O2/c1-17-7-9-19(15-22(17)29)26-13-11-21(34-26)12-14-27(33)30-25-16-20(10-8-18(25)2)28-31-23-5-3-4-6-24(23)32-28/h3-16H,1-2H3,(H,30,33)(H,31,32). The number of carbonyl (C=O) groups excluding carboxylic acids is 1. The molecule has 2 N–H and O–H groups in total. The minimum absolute atomic E-state index is 0.249. The number of nitrogens with zero attached hydrogens (tertiary/aromatic N) is 1. The number of aryl methyl sites for hydroxylation is 2. The topological polar surface area (TPSA) is 70.9 Å². The number of hydrogen-bond donors (Lipinski definition) is 2. The third-order valence-electron chi connectivity index (χ3n) is 5.64. The van der Waals surface area contributed by atoms with Crippen molar-refractivity contribution in [2.45, 2.75) is 13.8 Å². The fourth-order valence-corrected chi connectivity index (χ4v) is 3.85. The van der Waals surface area contributed by atoms with Crippen LogP contribution in [0.4, 0.5) is 5.69 Å². The van der Waals surface area contributed by atoms with Gasteiger partial charge >= 0.3 is 0 Å². The molecule has 6 heteroatoms. The average Bonchev–Trinajstić information content (AvgIpc) is 3.48. The highest BCUT2D eigenvalue weighted by molar-refractivity contribution is 6.31. The Kier molecular flexibility index (Phi) is 5.78. The Balaban J connectivity index is 1.31. The maximum atomic E-state index is 12.6. The van der Waals surface area contributed by atoms with Crippen LogP contribution in [0, 0.1) is 13.8 Å².